The summed E-state index contributed by atoms with van der Waals surface area (Å²) in [6, 6.07) is 10.7. The summed E-state index contributed by atoms with van der Waals surface area (Å²) < 4.78 is 0. The van der Waals surface area contributed by atoms with E-state index in [0.717, 1.165) is 6.42 Å². The van der Waals surface area contributed by atoms with E-state index in [0.29, 0.717) is 12.0 Å². The highest BCUT2D eigenvalue weighted by Crippen LogP contribution is 2.29. The molecule has 0 saturated heterocycles. The topological polar surface area (TPSA) is 26.0 Å². The van der Waals surface area contributed by atoms with E-state index >= 15 is 0 Å². The second-order valence-corrected chi connectivity index (χ2v) is 3.33. The van der Waals surface area contributed by atoms with Crippen molar-refractivity contribution < 1.29 is 0 Å². The Hall–Kier alpha value is -1.08. The van der Waals surface area contributed by atoms with Crippen LogP contribution < -0.4 is 5.73 Å². The lowest BCUT2D eigenvalue weighted by molar-refractivity contribution is 0.980. The Morgan fingerprint density at radius 1 is 1.25 bits per heavy atom. The van der Waals surface area contributed by atoms with Crippen molar-refractivity contribution in [3.8, 4) is 0 Å². The molecule has 1 saturated carbocycles. The van der Waals surface area contributed by atoms with Crippen LogP contribution in [0, 0.1) is 5.92 Å². The summed E-state index contributed by atoms with van der Waals surface area (Å²) in [4.78, 5) is 0. The first kappa shape index (κ1) is 7.56. The van der Waals surface area contributed by atoms with Crippen LogP contribution in [-0.4, -0.2) is 6.04 Å². The minimum Gasteiger partial charge on any atom is -0.327 e. The minimum absolute atomic E-state index is 0.421. The molecule has 1 heteroatoms. The highest BCUT2D eigenvalue weighted by molar-refractivity contribution is 5.49. The fourth-order valence-corrected chi connectivity index (χ4v) is 1.26. The van der Waals surface area contributed by atoms with E-state index in [2.05, 4.69) is 24.3 Å². The van der Waals surface area contributed by atoms with Crippen LogP contribution in [0.25, 0.3) is 6.08 Å². The molecule has 62 valence electrons. The van der Waals surface area contributed by atoms with Crippen molar-refractivity contribution >= 4 is 6.08 Å². The summed E-state index contributed by atoms with van der Waals surface area (Å²) in [5.74, 6) is 0.630. The molecule has 0 aromatic heterocycles. The van der Waals surface area contributed by atoms with E-state index in [1.165, 1.54) is 5.56 Å². The fraction of sp³-hybridized carbons (Fsp3) is 0.273. The Kier molecular flexibility index (Phi) is 1.96. The Balaban J connectivity index is 1.99. The van der Waals surface area contributed by atoms with Crippen molar-refractivity contribution in [1.82, 2.24) is 0 Å². The zero-order chi connectivity index (χ0) is 8.39. The molecule has 2 N–H and O–H groups in total. The molecule has 1 fully saturated rings. The molecule has 0 spiro atoms. The van der Waals surface area contributed by atoms with Gasteiger partial charge >= 0.3 is 0 Å². The average Bonchev–Trinajstić information content (AvgIpc) is 2.81. The second-order valence-electron chi connectivity index (χ2n) is 3.33. The molecule has 2 rings (SSSR count). The Labute approximate surface area is 72.9 Å². The van der Waals surface area contributed by atoms with Crippen LogP contribution in [0.15, 0.2) is 36.4 Å². The zero-order valence-corrected chi connectivity index (χ0v) is 6.98. The number of hydrogen-bond acceptors (Lipinski definition) is 1. The van der Waals surface area contributed by atoms with Crippen molar-refractivity contribution in [3.63, 3.8) is 0 Å². The van der Waals surface area contributed by atoms with E-state index in [1.807, 2.05) is 18.2 Å². The largest absolute Gasteiger partial charge is 0.327 e. The van der Waals surface area contributed by atoms with Gasteiger partial charge in [-0.25, -0.2) is 0 Å². The molecule has 0 amide bonds. The summed E-state index contributed by atoms with van der Waals surface area (Å²) in [5, 5.41) is 0. The summed E-state index contributed by atoms with van der Waals surface area (Å²) in [6.07, 6.45) is 5.51. The van der Waals surface area contributed by atoms with Gasteiger partial charge in [0.15, 0.2) is 0 Å². The van der Waals surface area contributed by atoms with E-state index in [1.54, 1.807) is 0 Å². The van der Waals surface area contributed by atoms with Crippen LogP contribution >= 0.6 is 0 Å². The molecular formula is C11H13N. The molecule has 1 aliphatic carbocycles. The number of hydrogen-bond donors (Lipinski definition) is 1. The van der Waals surface area contributed by atoms with E-state index in [9.17, 15) is 0 Å². The van der Waals surface area contributed by atoms with Gasteiger partial charge in [-0.15, -0.1) is 0 Å². The third kappa shape index (κ3) is 1.74. The second kappa shape index (κ2) is 3.11. The van der Waals surface area contributed by atoms with Crippen molar-refractivity contribution in [2.75, 3.05) is 0 Å². The maximum Gasteiger partial charge on any atom is 0.0109 e. The molecule has 0 aliphatic heterocycles. The normalized spacial score (nSPS) is 27.8. The third-order valence-electron chi connectivity index (χ3n) is 2.23. The lowest BCUT2D eigenvalue weighted by Crippen LogP contribution is -1.99. The lowest BCUT2D eigenvalue weighted by Gasteiger charge is -1.89. The van der Waals surface area contributed by atoms with Crippen molar-refractivity contribution in [2.24, 2.45) is 11.7 Å². The molecule has 1 aromatic carbocycles. The molecule has 1 aliphatic rings. The van der Waals surface area contributed by atoms with Gasteiger partial charge in [0.1, 0.15) is 0 Å². The van der Waals surface area contributed by atoms with Gasteiger partial charge in [0, 0.05) is 6.04 Å². The fourth-order valence-electron chi connectivity index (χ4n) is 1.26. The summed E-state index contributed by atoms with van der Waals surface area (Å²) in [5.41, 5.74) is 6.94. The zero-order valence-electron chi connectivity index (χ0n) is 6.98. The van der Waals surface area contributed by atoms with Crippen molar-refractivity contribution in [3.05, 3.63) is 42.0 Å². The maximum absolute atomic E-state index is 5.68. The third-order valence-corrected chi connectivity index (χ3v) is 2.23. The van der Waals surface area contributed by atoms with Crippen LogP contribution in [0.2, 0.25) is 0 Å². The number of nitrogens with two attached hydrogens (primary N) is 1. The van der Waals surface area contributed by atoms with Crippen molar-refractivity contribution in [2.45, 2.75) is 12.5 Å². The molecule has 0 heterocycles. The minimum atomic E-state index is 0.421. The van der Waals surface area contributed by atoms with Gasteiger partial charge in [-0.05, 0) is 17.9 Å². The monoisotopic (exact) mass is 159 g/mol. The van der Waals surface area contributed by atoms with Crippen LogP contribution in [0.5, 0.6) is 0 Å². The Bertz CT molecular complexity index is 276. The average molecular weight is 159 g/mol. The van der Waals surface area contributed by atoms with Gasteiger partial charge in [-0.2, -0.15) is 0 Å². The SMILES string of the molecule is N[C@@H]1C[C@H]1/C=C/c1ccccc1. The maximum atomic E-state index is 5.68. The Morgan fingerprint density at radius 2 is 1.92 bits per heavy atom. The number of benzene rings is 1. The van der Waals surface area contributed by atoms with Crippen molar-refractivity contribution in [1.29, 1.82) is 0 Å². The molecule has 0 unspecified atom stereocenters. The lowest BCUT2D eigenvalue weighted by atomic mass is 10.2. The van der Waals surface area contributed by atoms with E-state index in [-0.39, 0.29) is 0 Å². The van der Waals surface area contributed by atoms with Gasteiger partial charge in [0.25, 0.3) is 0 Å². The summed E-state index contributed by atoms with van der Waals surface area (Å²) in [6.45, 7) is 0. The van der Waals surface area contributed by atoms with Gasteiger partial charge in [0.2, 0.25) is 0 Å². The first-order chi connectivity index (χ1) is 5.86. The standard InChI is InChI=1S/C11H13N/c12-11-8-10(11)7-6-9-4-2-1-3-5-9/h1-7,10-11H,8,12H2/b7-6+/t10-,11-/m1/s1. The first-order valence-electron chi connectivity index (χ1n) is 4.35. The van der Waals surface area contributed by atoms with Crippen LogP contribution in [0.3, 0.4) is 0 Å². The smallest absolute Gasteiger partial charge is 0.0109 e. The van der Waals surface area contributed by atoms with Crippen LogP contribution in [0.4, 0.5) is 0 Å². The first-order valence-corrected chi connectivity index (χ1v) is 4.35. The molecule has 12 heavy (non-hydrogen) atoms. The molecule has 2 atom stereocenters. The molecule has 1 nitrogen and oxygen atoms in total. The van der Waals surface area contributed by atoms with Crippen LogP contribution in [0.1, 0.15) is 12.0 Å². The quantitative estimate of drug-likeness (QED) is 0.702. The molecule has 0 radical (unpaired) electrons. The van der Waals surface area contributed by atoms with Gasteiger partial charge in [-0.3, -0.25) is 0 Å². The van der Waals surface area contributed by atoms with E-state index in [4.69, 9.17) is 5.73 Å². The predicted molar refractivity (Wildman–Crippen MR) is 51.6 cm³/mol. The molecule has 0 bridgehead atoms. The predicted octanol–water partition coefficient (Wildman–Crippen LogP) is 2.05. The molecule has 1 aromatic rings. The summed E-state index contributed by atoms with van der Waals surface area (Å²) >= 11 is 0. The van der Waals surface area contributed by atoms with E-state index < -0.39 is 0 Å². The van der Waals surface area contributed by atoms with Gasteiger partial charge in [0.05, 0.1) is 0 Å². The molecular weight excluding hydrogens is 146 g/mol. The highest BCUT2D eigenvalue weighted by atomic mass is 14.7. The van der Waals surface area contributed by atoms with Gasteiger partial charge in [-0.1, -0.05) is 42.5 Å². The summed E-state index contributed by atoms with van der Waals surface area (Å²) in [7, 11) is 0. The Morgan fingerprint density at radius 3 is 2.50 bits per heavy atom. The highest BCUT2D eigenvalue weighted by Gasteiger charge is 2.30. The van der Waals surface area contributed by atoms with Crippen LogP contribution in [-0.2, 0) is 0 Å². The number of rotatable bonds is 2. The van der Waals surface area contributed by atoms with Gasteiger partial charge < -0.3 is 5.73 Å².